The summed E-state index contributed by atoms with van der Waals surface area (Å²) in [7, 11) is 0. The van der Waals surface area contributed by atoms with Crippen LogP contribution in [0.2, 0.25) is 0 Å². The molecule has 2 aromatic heterocycles. The Bertz CT molecular complexity index is 689. The Morgan fingerprint density at radius 3 is 2.85 bits per heavy atom. The van der Waals surface area contributed by atoms with Crippen molar-refractivity contribution in [3.05, 3.63) is 41.7 Å². The maximum atomic E-state index is 5.57. The quantitative estimate of drug-likeness (QED) is 0.820. The van der Waals surface area contributed by atoms with Gasteiger partial charge in [0.25, 0.3) is 0 Å². The average molecular weight is 359 g/mol. The standard InChI is InChI=1S/C20H29N3O3/c1-20(2)15(11-19(20)21-13-17-4-3-7-25-17)10-16-12-18(26-22-16)14-23-5-8-24-9-6-23/h3-4,7,12,15,19,21H,5-6,8-11,13-14H2,1-2H3. The normalized spacial score (nSPS) is 25.9. The maximum Gasteiger partial charge on any atom is 0.150 e. The first-order chi connectivity index (χ1) is 12.6. The van der Waals surface area contributed by atoms with Crippen LogP contribution in [0.1, 0.15) is 37.5 Å². The summed E-state index contributed by atoms with van der Waals surface area (Å²) in [6.45, 7) is 9.86. The second-order valence-corrected chi connectivity index (χ2v) is 8.14. The molecule has 1 saturated heterocycles. The molecule has 2 atom stereocenters. The topological polar surface area (TPSA) is 63.7 Å². The minimum Gasteiger partial charge on any atom is -0.468 e. The zero-order valence-electron chi connectivity index (χ0n) is 15.7. The van der Waals surface area contributed by atoms with Crippen LogP contribution < -0.4 is 5.32 Å². The van der Waals surface area contributed by atoms with Gasteiger partial charge in [-0.25, -0.2) is 0 Å². The predicted octanol–water partition coefficient (Wildman–Crippen LogP) is 2.85. The van der Waals surface area contributed by atoms with E-state index >= 15 is 0 Å². The van der Waals surface area contributed by atoms with Gasteiger partial charge in [0.05, 0.1) is 38.3 Å². The summed E-state index contributed by atoms with van der Waals surface area (Å²) in [4.78, 5) is 2.36. The van der Waals surface area contributed by atoms with Crippen LogP contribution in [0.3, 0.4) is 0 Å². The third-order valence-corrected chi connectivity index (χ3v) is 6.12. The summed E-state index contributed by atoms with van der Waals surface area (Å²) < 4.78 is 16.4. The van der Waals surface area contributed by atoms with E-state index in [1.54, 1.807) is 6.26 Å². The first kappa shape index (κ1) is 17.8. The van der Waals surface area contributed by atoms with Gasteiger partial charge in [-0.2, -0.15) is 0 Å². The fourth-order valence-electron chi connectivity index (χ4n) is 4.10. The van der Waals surface area contributed by atoms with Gasteiger partial charge in [0.1, 0.15) is 5.76 Å². The summed E-state index contributed by atoms with van der Waals surface area (Å²) in [6.07, 6.45) is 3.88. The molecular weight excluding hydrogens is 330 g/mol. The molecule has 1 saturated carbocycles. The summed E-state index contributed by atoms with van der Waals surface area (Å²) in [6, 6.07) is 6.60. The van der Waals surface area contributed by atoms with Crippen molar-refractivity contribution in [1.82, 2.24) is 15.4 Å². The van der Waals surface area contributed by atoms with Gasteiger partial charge in [-0.3, -0.25) is 4.90 Å². The highest BCUT2D eigenvalue weighted by atomic mass is 16.5. The van der Waals surface area contributed by atoms with Crippen molar-refractivity contribution >= 4 is 0 Å². The molecule has 2 aromatic rings. The number of aromatic nitrogens is 1. The van der Waals surface area contributed by atoms with Crippen LogP contribution in [0.15, 0.2) is 33.4 Å². The van der Waals surface area contributed by atoms with Gasteiger partial charge in [0.2, 0.25) is 0 Å². The smallest absolute Gasteiger partial charge is 0.150 e. The van der Waals surface area contributed by atoms with Crippen LogP contribution in [-0.2, 0) is 24.2 Å². The molecule has 2 unspecified atom stereocenters. The zero-order valence-corrected chi connectivity index (χ0v) is 15.7. The third kappa shape index (κ3) is 3.87. The molecule has 0 amide bonds. The molecule has 1 aliphatic heterocycles. The fourth-order valence-corrected chi connectivity index (χ4v) is 4.10. The Morgan fingerprint density at radius 1 is 1.27 bits per heavy atom. The van der Waals surface area contributed by atoms with E-state index in [2.05, 4.69) is 35.3 Å². The molecule has 4 rings (SSSR count). The second-order valence-electron chi connectivity index (χ2n) is 8.14. The highest BCUT2D eigenvalue weighted by Crippen LogP contribution is 2.47. The van der Waals surface area contributed by atoms with Crippen LogP contribution >= 0.6 is 0 Å². The summed E-state index contributed by atoms with van der Waals surface area (Å²) in [5.41, 5.74) is 1.33. The van der Waals surface area contributed by atoms with Gasteiger partial charge in [0.15, 0.2) is 5.76 Å². The van der Waals surface area contributed by atoms with Gasteiger partial charge >= 0.3 is 0 Å². The van der Waals surface area contributed by atoms with Gasteiger partial charge < -0.3 is 19.0 Å². The summed E-state index contributed by atoms with van der Waals surface area (Å²) >= 11 is 0. The molecule has 1 N–H and O–H groups in total. The molecule has 0 bridgehead atoms. The van der Waals surface area contributed by atoms with Crippen LogP contribution in [-0.4, -0.2) is 42.4 Å². The van der Waals surface area contributed by atoms with E-state index in [1.165, 1.54) is 6.42 Å². The SMILES string of the molecule is CC1(C)C(Cc2cc(CN3CCOCC3)on2)CC1NCc1ccco1. The van der Waals surface area contributed by atoms with E-state index in [4.69, 9.17) is 13.7 Å². The van der Waals surface area contributed by atoms with Crippen molar-refractivity contribution in [2.24, 2.45) is 11.3 Å². The lowest BCUT2D eigenvalue weighted by Crippen LogP contribution is -2.57. The lowest BCUT2D eigenvalue weighted by atomic mass is 9.57. The molecule has 3 heterocycles. The minimum atomic E-state index is 0.246. The van der Waals surface area contributed by atoms with Crippen LogP contribution in [0, 0.1) is 11.3 Å². The zero-order chi connectivity index (χ0) is 18.0. The van der Waals surface area contributed by atoms with Gasteiger partial charge in [-0.15, -0.1) is 0 Å². The molecule has 0 aromatic carbocycles. The van der Waals surface area contributed by atoms with Gasteiger partial charge in [-0.05, 0) is 36.3 Å². The minimum absolute atomic E-state index is 0.246. The van der Waals surface area contributed by atoms with Crippen molar-refractivity contribution < 1.29 is 13.7 Å². The number of rotatable bonds is 7. The average Bonchev–Trinajstić information content (AvgIpc) is 3.30. The van der Waals surface area contributed by atoms with Gasteiger partial charge in [0, 0.05) is 25.2 Å². The largest absolute Gasteiger partial charge is 0.468 e. The van der Waals surface area contributed by atoms with E-state index in [-0.39, 0.29) is 5.41 Å². The fraction of sp³-hybridized carbons (Fsp3) is 0.650. The molecule has 1 aliphatic carbocycles. The van der Waals surface area contributed by atoms with Crippen molar-refractivity contribution in [3.8, 4) is 0 Å². The number of hydrogen-bond donors (Lipinski definition) is 1. The number of furan rings is 1. The predicted molar refractivity (Wildman–Crippen MR) is 97.5 cm³/mol. The van der Waals surface area contributed by atoms with Crippen molar-refractivity contribution in [3.63, 3.8) is 0 Å². The van der Waals surface area contributed by atoms with E-state index in [0.717, 1.165) is 63.0 Å². The number of nitrogens with zero attached hydrogens (tertiary/aromatic N) is 2. The Labute approximate surface area is 154 Å². The molecule has 0 spiro atoms. The summed E-state index contributed by atoms with van der Waals surface area (Å²) in [5, 5.41) is 7.94. The van der Waals surface area contributed by atoms with E-state index in [0.29, 0.717) is 12.0 Å². The Balaban J connectivity index is 1.26. The number of hydrogen-bond acceptors (Lipinski definition) is 6. The Morgan fingerprint density at radius 2 is 2.12 bits per heavy atom. The van der Waals surface area contributed by atoms with E-state index < -0.39 is 0 Å². The van der Waals surface area contributed by atoms with Crippen molar-refractivity contribution in [1.29, 1.82) is 0 Å². The van der Waals surface area contributed by atoms with Crippen molar-refractivity contribution in [2.45, 2.75) is 45.8 Å². The second kappa shape index (κ2) is 7.55. The monoisotopic (exact) mass is 359 g/mol. The summed E-state index contributed by atoms with van der Waals surface area (Å²) in [5.74, 6) is 2.58. The highest BCUT2D eigenvalue weighted by molar-refractivity contribution is 5.12. The molecule has 0 radical (unpaired) electrons. The third-order valence-electron chi connectivity index (χ3n) is 6.12. The molecule has 6 nitrogen and oxygen atoms in total. The molecule has 26 heavy (non-hydrogen) atoms. The van der Waals surface area contributed by atoms with Gasteiger partial charge in [-0.1, -0.05) is 19.0 Å². The molecule has 2 aliphatic rings. The van der Waals surface area contributed by atoms with Crippen LogP contribution in [0.25, 0.3) is 0 Å². The van der Waals surface area contributed by atoms with E-state index in [1.807, 2.05) is 12.1 Å². The first-order valence-electron chi connectivity index (χ1n) is 9.61. The molecule has 142 valence electrons. The van der Waals surface area contributed by atoms with Crippen molar-refractivity contribution in [2.75, 3.05) is 26.3 Å². The lowest BCUT2D eigenvalue weighted by Gasteiger charge is -2.52. The first-order valence-corrected chi connectivity index (χ1v) is 9.61. The highest BCUT2D eigenvalue weighted by Gasteiger charge is 2.47. The number of nitrogens with one attached hydrogen (secondary N) is 1. The Hall–Kier alpha value is -1.63. The maximum absolute atomic E-state index is 5.57. The lowest BCUT2D eigenvalue weighted by molar-refractivity contribution is 0.0115. The molecule has 6 heteroatoms. The number of morpholine rings is 1. The number of ether oxygens (including phenoxy) is 1. The van der Waals surface area contributed by atoms with E-state index in [9.17, 15) is 0 Å². The Kier molecular flexibility index (Phi) is 5.16. The van der Waals surface area contributed by atoms with Crippen LogP contribution in [0.5, 0.6) is 0 Å². The van der Waals surface area contributed by atoms with Crippen LogP contribution in [0.4, 0.5) is 0 Å². The molecule has 2 fully saturated rings. The molecular formula is C20H29N3O3.